The van der Waals surface area contributed by atoms with Gasteiger partial charge in [0.2, 0.25) is 10.0 Å². The quantitative estimate of drug-likeness (QED) is 0.337. The van der Waals surface area contributed by atoms with Crippen molar-refractivity contribution in [1.29, 1.82) is 0 Å². The highest BCUT2D eigenvalue weighted by Gasteiger charge is 2.45. The lowest BCUT2D eigenvalue weighted by Gasteiger charge is -2.54. The van der Waals surface area contributed by atoms with Gasteiger partial charge in [0.05, 0.1) is 5.25 Å². The summed E-state index contributed by atoms with van der Waals surface area (Å²) >= 11 is 0. The van der Waals surface area contributed by atoms with Gasteiger partial charge in [-0.3, -0.25) is 14.6 Å². The highest BCUT2D eigenvalue weighted by atomic mass is 32.2. The number of aromatic nitrogens is 2. The number of hydrogen-bond donors (Lipinski definition) is 0. The normalized spacial score (nSPS) is 24.9. The first-order chi connectivity index (χ1) is 21.4. The van der Waals surface area contributed by atoms with Crippen molar-refractivity contribution in [2.75, 3.05) is 45.8 Å². The Hall–Kier alpha value is -2.67. The van der Waals surface area contributed by atoms with Gasteiger partial charge in [0.25, 0.3) is 12.2 Å². The standard InChI is InChI=1S/C33H47FN6O4S/c1-23-21-37(33(4)12-16-36(17-13-33)32(41)30-24(2)35-22-40(42)25(30)3)18-19-39(23)31(27-6-5-7-28(34)20-27)26-10-14-38(15-11-26)45(43,44)29-8-9-29/h5-7,20,22-23,26,29,31H,8-19,21H2,1-4H3/t23-,31?/m0/s1. The van der Waals surface area contributed by atoms with E-state index >= 15 is 0 Å². The van der Waals surface area contributed by atoms with E-state index in [0.717, 1.165) is 63.7 Å². The number of sulfonamides is 1. The summed E-state index contributed by atoms with van der Waals surface area (Å²) in [5.41, 5.74) is 2.26. The Kier molecular flexibility index (Phi) is 8.97. The number of likely N-dealkylation sites (tertiary alicyclic amines) is 1. The van der Waals surface area contributed by atoms with Crippen LogP contribution in [0, 0.1) is 30.8 Å². The molecule has 3 aliphatic heterocycles. The average molecular weight is 643 g/mol. The Bertz CT molecular complexity index is 1520. The van der Waals surface area contributed by atoms with E-state index in [0.29, 0.717) is 47.9 Å². The maximum atomic E-state index is 14.5. The SMILES string of the molecule is Cc1nc[n+]([O-])c(C)c1C(=O)N1CCC(C)(N2CCN(C(c3cccc(F)c3)C3CCN(S(=O)(=O)C4CC4)CC3)[C@@H](C)C2)CC1. The summed E-state index contributed by atoms with van der Waals surface area (Å²) in [5, 5.41) is 11.9. The molecule has 2 atom stereocenters. The van der Waals surface area contributed by atoms with E-state index in [-0.39, 0.29) is 40.5 Å². The molecular formula is C33H47FN6O4S. The van der Waals surface area contributed by atoms with Gasteiger partial charge in [-0.15, -0.1) is 0 Å². The van der Waals surface area contributed by atoms with Crippen LogP contribution in [0.4, 0.5) is 4.39 Å². The minimum Gasteiger partial charge on any atom is -0.711 e. The van der Waals surface area contributed by atoms with E-state index in [2.05, 4.69) is 28.6 Å². The number of carbonyl (C=O) groups excluding carboxylic acids is 1. The Morgan fingerprint density at radius 1 is 1.07 bits per heavy atom. The van der Waals surface area contributed by atoms with Crippen LogP contribution in [-0.4, -0.2) is 101 Å². The molecule has 1 saturated carbocycles. The number of hydrogen-bond acceptors (Lipinski definition) is 7. The summed E-state index contributed by atoms with van der Waals surface area (Å²) in [6.07, 6.45) is 5.96. The average Bonchev–Trinajstić information content (AvgIpc) is 3.88. The highest BCUT2D eigenvalue weighted by molar-refractivity contribution is 7.90. The number of benzene rings is 1. The predicted octanol–water partition coefficient (Wildman–Crippen LogP) is 3.42. The number of piperazine rings is 1. The van der Waals surface area contributed by atoms with Gasteiger partial charge in [-0.1, -0.05) is 17.1 Å². The number of rotatable bonds is 7. The molecule has 246 valence electrons. The third-order valence-electron chi connectivity index (χ3n) is 11.0. The smallest absolute Gasteiger partial charge is 0.289 e. The molecule has 0 bridgehead atoms. The molecule has 1 unspecified atom stereocenters. The van der Waals surface area contributed by atoms with Crippen molar-refractivity contribution < 1.29 is 22.3 Å². The zero-order chi connectivity index (χ0) is 32.1. The maximum Gasteiger partial charge on any atom is 0.289 e. The van der Waals surface area contributed by atoms with Crippen LogP contribution < -0.4 is 4.73 Å². The van der Waals surface area contributed by atoms with E-state index in [4.69, 9.17) is 0 Å². The number of piperidine rings is 2. The van der Waals surface area contributed by atoms with Gasteiger partial charge in [-0.05, 0) is 82.9 Å². The van der Waals surface area contributed by atoms with Gasteiger partial charge in [-0.2, -0.15) is 0 Å². The molecule has 45 heavy (non-hydrogen) atoms. The molecule has 0 spiro atoms. The second-order valence-electron chi connectivity index (χ2n) is 13.9. The predicted molar refractivity (Wildman–Crippen MR) is 169 cm³/mol. The van der Waals surface area contributed by atoms with Crippen LogP contribution in [0.25, 0.3) is 0 Å². The van der Waals surface area contributed by atoms with Crippen molar-refractivity contribution in [2.45, 2.75) is 89.1 Å². The number of amides is 1. The van der Waals surface area contributed by atoms with Gasteiger partial charge >= 0.3 is 0 Å². The molecule has 1 aliphatic carbocycles. The number of aryl methyl sites for hydroxylation is 1. The molecule has 4 aliphatic rings. The first-order valence-corrected chi connectivity index (χ1v) is 18.0. The molecule has 1 aromatic heterocycles. The summed E-state index contributed by atoms with van der Waals surface area (Å²) in [4.78, 5) is 24.5. The molecule has 1 aromatic carbocycles. The summed E-state index contributed by atoms with van der Waals surface area (Å²) in [7, 11) is -3.19. The van der Waals surface area contributed by atoms with Gasteiger partial charge in [0.1, 0.15) is 17.1 Å². The second kappa shape index (κ2) is 12.5. The highest BCUT2D eigenvalue weighted by Crippen LogP contribution is 2.41. The molecule has 2 aromatic rings. The van der Waals surface area contributed by atoms with Crippen LogP contribution in [0.3, 0.4) is 0 Å². The molecular weight excluding hydrogens is 595 g/mol. The largest absolute Gasteiger partial charge is 0.711 e. The summed E-state index contributed by atoms with van der Waals surface area (Å²) in [6.45, 7) is 12.8. The number of halogens is 1. The molecule has 3 saturated heterocycles. The van der Waals surface area contributed by atoms with Gasteiger partial charge in [-0.25, -0.2) is 21.8 Å². The van der Waals surface area contributed by atoms with Gasteiger partial charge in [0.15, 0.2) is 5.69 Å². The van der Waals surface area contributed by atoms with Gasteiger partial charge in [0, 0.05) is 70.4 Å². The van der Waals surface area contributed by atoms with Crippen LogP contribution in [0.2, 0.25) is 0 Å². The molecule has 6 rings (SSSR count). The van der Waals surface area contributed by atoms with Crippen LogP contribution in [0.15, 0.2) is 30.6 Å². The molecule has 10 nitrogen and oxygen atoms in total. The van der Waals surface area contributed by atoms with Crippen molar-refractivity contribution in [2.24, 2.45) is 5.92 Å². The third kappa shape index (κ3) is 6.35. The Balaban J connectivity index is 1.12. The lowest BCUT2D eigenvalue weighted by molar-refractivity contribution is -0.615. The van der Waals surface area contributed by atoms with Crippen LogP contribution >= 0.6 is 0 Å². The minimum atomic E-state index is -3.19. The van der Waals surface area contributed by atoms with Gasteiger partial charge < -0.3 is 10.1 Å². The van der Waals surface area contributed by atoms with Crippen LogP contribution in [0.1, 0.15) is 85.7 Å². The Morgan fingerprint density at radius 2 is 1.76 bits per heavy atom. The zero-order valence-corrected chi connectivity index (χ0v) is 27.8. The van der Waals surface area contributed by atoms with Crippen molar-refractivity contribution in [3.63, 3.8) is 0 Å². The monoisotopic (exact) mass is 642 g/mol. The first kappa shape index (κ1) is 32.3. The van der Waals surface area contributed by atoms with E-state index < -0.39 is 10.0 Å². The van der Waals surface area contributed by atoms with E-state index in [1.807, 2.05) is 11.0 Å². The van der Waals surface area contributed by atoms with E-state index in [9.17, 15) is 22.8 Å². The fourth-order valence-corrected chi connectivity index (χ4v) is 9.83. The number of carbonyl (C=O) groups is 1. The molecule has 0 radical (unpaired) electrons. The van der Waals surface area contributed by atoms with Crippen LogP contribution in [-0.2, 0) is 10.0 Å². The molecule has 4 fully saturated rings. The van der Waals surface area contributed by atoms with Crippen molar-refractivity contribution in [3.05, 3.63) is 64.1 Å². The molecule has 12 heteroatoms. The molecule has 1 amide bonds. The molecule has 0 N–H and O–H groups in total. The van der Waals surface area contributed by atoms with E-state index in [1.54, 1.807) is 30.3 Å². The summed E-state index contributed by atoms with van der Waals surface area (Å²) in [6, 6.07) is 7.18. The Labute approximate surface area is 266 Å². The third-order valence-corrected chi connectivity index (χ3v) is 13.4. The lowest BCUT2D eigenvalue weighted by atomic mass is 9.82. The van der Waals surface area contributed by atoms with Crippen molar-refractivity contribution >= 4 is 15.9 Å². The second-order valence-corrected chi connectivity index (χ2v) is 16.1. The fraction of sp³-hybridized carbons (Fsp3) is 0.667. The molecule has 4 heterocycles. The Morgan fingerprint density at radius 3 is 2.38 bits per heavy atom. The topological polar surface area (TPSA) is 104 Å². The number of nitrogens with zero attached hydrogens (tertiary/aromatic N) is 6. The van der Waals surface area contributed by atoms with Crippen molar-refractivity contribution in [3.8, 4) is 0 Å². The first-order valence-electron chi connectivity index (χ1n) is 16.5. The maximum absolute atomic E-state index is 14.5. The van der Waals surface area contributed by atoms with Crippen LogP contribution in [0.5, 0.6) is 0 Å². The zero-order valence-electron chi connectivity index (χ0n) is 27.0. The lowest BCUT2D eigenvalue weighted by Crippen LogP contribution is -2.63. The van der Waals surface area contributed by atoms with Crippen molar-refractivity contribution in [1.82, 2.24) is 24.0 Å². The summed E-state index contributed by atoms with van der Waals surface area (Å²) < 4.78 is 42.7. The summed E-state index contributed by atoms with van der Waals surface area (Å²) in [5.74, 6) is -0.131. The van der Waals surface area contributed by atoms with E-state index in [1.165, 1.54) is 12.4 Å². The minimum absolute atomic E-state index is 0.0191. The fourth-order valence-electron chi connectivity index (χ4n) is 7.96.